The smallest absolute Gasteiger partial charge is 0.137 e. The Bertz CT molecular complexity index is 729. The van der Waals surface area contributed by atoms with Gasteiger partial charge >= 0.3 is 0 Å². The van der Waals surface area contributed by atoms with Gasteiger partial charge in [-0.3, -0.25) is 0 Å². The van der Waals surface area contributed by atoms with Crippen LogP contribution in [0.2, 0.25) is 0 Å². The van der Waals surface area contributed by atoms with E-state index < -0.39 is 0 Å². The number of hydrogen-bond acceptors (Lipinski definition) is 2. The largest absolute Gasteiger partial charge is 0.311 e. The van der Waals surface area contributed by atoms with E-state index >= 15 is 0 Å². The van der Waals surface area contributed by atoms with Gasteiger partial charge in [-0.15, -0.1) is 0 Å². The molecule has 0 bridgehead atoms. The molecule has 1 N–H and O–H groups in total. The average molecular weight is 293 g/mol. The number of pyridine rings is 1. The Labute approximate surface area is 132 Å². The Morgan fingerprint density at radius 2 is 1.82 bits per heavy atom. The van der Waals surface area contributed by atoms with Crippen molar-refractivity contribution in [2.24, 2.45) is 5.92 Å². The van der Waals surface area contributed by atoms with Gasteiger partial charge in [-0.2, -0.15) is 0 Å². The first-order valence-corrected chi connectivity index (χ1v) is 7.96. The van der Waals surface area contributed by atoms with Crippen LogP contribution in [0.25, 0.3) is 16.8 Å². The highest BCUT2D eigenvalue weighted by Crippen LogP contribution is 2.19. The Morgan fingerprint density at radius 1 is 1.00 bits per heavy atom. The molecule has 0 fully saturated rings. The zero-order valence-corrected chi connectivity index (χ0v) is 13.3. The standard InChI is InChI=1S/C19H23N3/c1-15(2)10-11-20-12-18-14-22-13-17(8-9-19(22)21-18)16-6-4-3-5-7-16/h3-9,13-15,20H,10-12H2,1-2H3. The van der Waals surface area contributed by atoms with Gasteiger partial charge < -0.3 is 9.72 Å². The van der Waals surface area contributed by atoms with Crippen LogP contribution in [0.1, 0.15) is 26.0 Å². The van der Waals surface area contributed by atoms with Gasteiger partial charge in [-0.05, 0) is 42.1 Å². The third kappa shape index (κ3) is 3.55. The number of imidazole rings is 1. The molecule has 0 aliphatic rings. The molecule has 0 atom stereocenters. The van der Waals surface area contributed by atoms with E-state index in [1.54, 1.807) is 0 Å². The van der Waals surface area contributed by atoms with Gasteiger partial charge in [0.05, 0.1) is 5.69 Å². The predicted molar refractivity (Wildman–Crippen MR) is 91.8 cm³/mol. The number of aromatic nitrogens is 2. The lowest BCUT2D eigenvalue weighted by molar-refractivity contribution is 0.535. The Hall–Kier alpha value is -2.13. The summed E-state index contributed by atoms with van der Waals surface area (Å²) in [5.74, 6) is 0.738. The maximum absolute atomic E-state index is 4.66. The van der Waals surface area contributed by atoms with Crippen molar-refractivity contribution < 1.29 is 0 Å². The molecule has 2 heterocycles. The summed E-state index contributed by atoms with van der Waals surface area (Å²) in [6, 6.07) is 14.7. The monoisotopic (exact) mass is 293 g/mol. The van der Waals surface area contributed by atoms with Crippen LogP contribution in [0.4, 0.5) is 0 Å². The van der Waals surface area contributed by atoms with E-state index in [0.29, 0.717) is 0 Å². The summed E-state index contributed by atoms with van der Waals surface area (Å²) in [7, 11) is 0. The molecular weight excluding hydrogens is 270 g/mol. The van der Waals surface area contributed by atoms with E-state index in [2.05, 4.69) is 77.3 Å². The number of nitrogens with zero attached hydrogens (tertiary/aromatic N) is 2. The van der Waals surface area contributed by atoms with Crippen molar-refractivity contribution in [1.82, 2.24) is 14.7 Å². The van der Waals surface area contributed by atoms with Crippen molar-refractivity contribution in [2.45, 2.75) is 26.8 Å². The summed E-state index contributed by atoms with van der Waals surface area (Å²) in [5.41, 5.74) is 4.54. The maximum atomic E-state index is 4.66. The highest BCUT2D eigenvalue weighted by Gasteiger charge is 2.04. The minimum Gasteiger partial charge on any atom is -0.311 e. The number of nitrogens with one attached hydrogen (secondary N) is 1. The Balaban J connectivity index is 1.73. The summed E-state index contributed by atoms with van der Waals surface area (Å²) in [4.78, 5) is 4.66. The van der Waals surface area contributed by atoms with Gasteiger partial charge in [0.25, 0.3) is 0 Å². The molecule has 114 valence electrons. The van der Waals surface area contributed by atoms with Crippen LogP contribution >= 0.6 is 0 Å². The highest BCUT2D eigenvalue weighted by molar-refractivity contribution is 5.64. The number of benzene rings is 1. The molecule has 0 radical (unpaired) electrons. The summed E-state index contributed by atoms with van der Waals surface area (Å²) in [5, 5.41) is 3.46. The quantitative estimate of drug-likeness (QED) is 0.692. The van der Waals surface area contributed by atoms with Gasteiger partial charge in [0.2, 0.25) is 0 Å². The molecule has 1 aromatic carbocycles. The van der Waals surface area contributed by atoms with Crippen LogP contribution in [-0.4, -0.2) is 15.9 Å². The molecule has 3 rings (SSSR count). The first-order chi connectivity index (χ1) is 10.7. The van der Waals surface area contributed by atoms with E-state index in [0.717, 1.165) is 30.3 Å². The van der Waals surface area contributed by atoms with E-state index in [9.17, 15) is 0 Å². The zero-order valence-electron chi connectivity index (χ0n) is 13.3. The molecule has 0 unspecified atom stereocenters. The van der Waals surface area contributed by atoms with Crippen LogP contribution in [0, 0.1) is 5.92 Å². The molecule has 0 aliphatic carbocycles. The number of hydrogen-bond donors (Lipinski definition) is 1. The fourth-order valence-corrected chi connectivity index (χ4v) is 2.54. The summed E-state index contributed by atoms with van der Waals surface area (Å²) >= 11 is 0. The van der Waals surface area contributed by atoms with Crippen LogP contribution in [-0.2, 0) is 6.54 Å². The third-order valence-corrected chi connectivity index (χ3v) is 3.81. The summed E-state index contributed by atoms with van der Waals surface area (Å²) in [6.45, 7) is 6.37. The first kappa shape index (κ1) is 14.8. The van der Waals surface area contributed by atoms with Crippen molar-refractivity contribution >= 4 is 5.65 Å². The minimum absolute atomic E-state index is 0.738. The Kier molecular flexibility index (Phi) is 4.54. The summed E-state index contributed by atoms with van der Waals surface area (Å²) in [6.07, 6.45) is 5.46. The van der Waals surface area contributed by atoms with Gasteiger partial charge in [-0.25, -0.2) is 4.98 Å². The van der Waals surface area contributed by atoms with E-state index in [4.69, 9.17) is 0 Å². The molecule has 2 aromatic heterocycles. The third-order valence-electron chi connectivity index (χ3n) is 3.81. The highest BCUT2D eigenvalue weighted by atomic mass is 15.0. The molecular formula is C19H23N3. The first-order valence-electron chi connectivity index (χ1n) is 7.96. The molecule has 0 saturated heterocycles. The zero-order chi connectivity index (χ0) is 15.4. The van der Waals surface area contributed by atoms with Crippen LogP contribution < -0.4 is 5.32 Å². The van der Waals surface area contributed by atoms with Gasteiger partial charge in [0, 0.05) is 18.9 Å². The second-order valence-corrected chi connectivity index (χ2v) is 6.14. The SMILES string of the molecule is CC(C)CCNCc1cn2cc(-c3ccccc3)ccc2n1. The molecule has 22 heavy (non-hydrogen) atoms. The minimum atomic E-state index is 0.738. The van der Waals surface area contributed by atoms with Crippen LogP contribution in [0.3, 0.4) is 0 Å². The molecule has 0 spiro atoms. The molecule has 3 aromatic rings. The molecule has 0 amide bonds. The lowest BCUT2D eigenvalue weighted by atomic mass is 10.1. The fourth-order valence-electron chi connectivity index (χ4n) is 2.54. The maximum Gasteiger partial charge on any atom is 0.137 e. The average Bonchev–Trinajstić information content (AvgIpc) is 2.94. The normalized spacial score (nSPS) is 11.4. The van der Waals surface area contributed by atoms with E-state index in [1.807, 2.05) is 6.07 Å². The van der Waals surface area contributed by atoms with Crippen LogP contribution in [0.5, 0.6) is 0 Å². The predicted octanol–water partition coefficient (Wildman–Crippen LogP) is 4.14. The number of rotatable bonds is 6. The van der Waals surface area contributed by atoms with Crippen molar-refractivity contribution in [2.75, 3.05) is 6.54 Å². The van der Waals surface area contributed by atoms with Crippen molar-refractivity contribution in [3.63, 3.8) is 0 Å². The van der Waals surface area contributed by atoms with Crippen molar-refractivity contribution in [3.8, 4) is 11.1 Å². The molecule has 3 heteroatoms. The van der Waals surface area contributed by atoms with Gasteiger partial charge in [0.1, 0.15) is 5.65 Å². The fraction of sp³-hybridized carbons (Fsp3) is 0.316. The van der Waals surface area contributed by atoms with Crippen LogP contribution in [0.15, 0.2) is 54.9 Å². The van der Waals surface area contributed by atoms with E-state index in [-0.39, 0.29) is 0 Å². The molecule has 0 aliphatic heterocycles. The lowest BCUT2D eigenvalue weighted by Gasteiger charge is -2.04. The van der Waals surface area contributed by atoms with Crippen molar-refractivity contribution in [3.05, 3.63) is 60.6 Å². The van der Waals surface area contributed by atoms with Gasteiger partial charge in [0.15, 0.2) is 0 Å². The second kappa shape index (κ2) is 6.75. The number of fused-ring (bicyclic) bond motifs is 1. The molecule has 3 nitrogen and oxygen atoms in total. The summed E-state index contributed by atoms with van der Waals surface area (Å²) < 4.78 is 2.11. The molecule has 0 saturated carbocycles. The van der Waals surface area contributed by atoms with Crippen molar-refractivity contribution in [1.29, 1.82) is 0 Å². The van der Waals surface area contributed by atoms with Gasteiger partial charge in [-0.1, -0.05) is 44.2 Å². The topological polar surface area (TPSA) is 29.3 Å². The Morgan fingerprint density at radius 3 is 2.59 bits per heavy atom. The lowest BCUT2D eigenvalue weighted by Crippen LogP contribution is -2.16. The second-order valence-electron chi connectivity index (χ2n) is 6.14. The van der Waals surface area contributed by atoms with E-state index in [1.165, 1.54) is 17.5 Å².